The minimum Gasteiger partial charge on any atom is -0.591 e. The van der Waals surface area contributed by atoms with Gasteiger partial charge in [-0.3, -0.25) is 10.2 Å². The molecule has 1 saturated heterocycles. The second-order valence-corrected chi connectivity index (χ2v) is 7.92. The van der Waals surface area contributed by atoms with Gasteiger partial charge in [0.05, 0.1) is 16.9 Å². The van der Waals surface area contributed by atoms with Crippen LogP contribution in [0.1, 0.15) is 24.8 Å². The van der Waals surface area contributed by atoms with Crippen LogP contribution in [0.25, 0.3) is 0 Å². The summed E-state index contributed by atoms with van der Waals surface area (Å²) in [5.41, 5.74) is 0.675. The quantitative estimate of drug-likeness (QED) is 0.480. The van der Waals surface area contributed by atoms with Gasteiger partial charge in [0.15, 0.2) is 0 Å². The molecule has 122 valence electrons. The normalized spacial score (nSPS) is 21.1. The van der Waals surface area contributed by atoms with Gasteiger partial charge in [0.2, 0.25) is 5.37 Å². The average molecular weight is 360 g/mol. The molecule has 4 nitrogen and oxygen atoms in total. The number of alkyl halides is 1. The van der Waals surface area contributed by atoms with E-state index in [-0.39, 0.29) is 10.9 Å². The van der Waals surface area contributed by atoms with Gasteiger partial charge in [-0.15, -0.1) is 11.6 Å². The maximum atomic E-state index is 13.1. The zero-order valence-corrected chi connectivity index (χ0v) is 15.5. The van der Waals surface area contributed by atoms with Crippen molar-refractivity contribution in [1.82, 2.24) is 14.5 Å². The van der Waals surface area contributed by atoms with Crippen molar-refractivity contribution in [2.75, 3.05) is 26.1 Å². The van der Waals surface area contributed by atoms with Crippen LogP contribution in [-0.2, 0) is 11.4 Å². The Hall–Kier alpha value is -0.370. The summed E-state index contributed by atoms with van der Waals surface area (Å²) in [6.07, 6.45) is 0. The lowest BCUT2D eigenvalue weighted by molar-refractivity contribution is 0.207. The van der Waals surface area contributed by atoms with E-state index in [1.807, 2.05) is 37.4 Å². The molecule has 1 N–H and O–H groups in total. The molecule has 1 fully saturated rings. The maximum Gasteiger partial charge on any atom is 0.218 e. The second-order valence-electron chi connectivity index (χ2n) is 5.69. The van der Waals surface area contributed by atoms with Gasteiger partial charge in [-0.2, -0.15) is 4.31 Å². The largest absolute Gasteiger partial charge is 0.591 e. The van der Waals surface area contributed by atoms with Crippen LogP contribution < -0.4 is 5.32 Å². The number of benzene rings is 1. The standard InChI is InChI=1S/C15H22ClN3OS2/c1-15(2)14(21)19(11-18(15)10-9-16)22(20)13(17-3)12-7-5-4-6-8-12/h4-8,13,17H,9-11H2,1-3H3. The van der Waals surface area contributed by atoms with Gasteiger partial charge in [0, 0.05) is 18.0 Å². The summed E-state index contributed by atoms with van der Waals surface area (Å²) in [5.74, 6) is 0.528. The van der Waals surface area contributed by atoms with Gasteiger partial charge in [0.1, 0.15) is 11.7 Å². The van der Waals surface area contributed by atoms with Crippen molar-refractivity contribution < 1.29 is 4.55 Å². The van der Waals surface area contributed by atoms with Gasteiger partial charge in [-0.25, -0.2) is 0 Å². The molecule has 2 atom stereocenters. The minimum absolute atomic E-state index is 0.286. The molecule has 2 unspecified atom stereocenters. The van der Waals surface area contributed by atoms with Crippen LogP contribution >= 0.6 is 23.8 Å². The molecule has 7 heteroatoms. The molecule has 1 heterocycles. The van der Waals surface area contributed by atoms with E-state index in [1.165, 1.54) is 0 Å². The highest BCUT2D eigenvalue weighted by molar-refractivity contribution is 7.91. The smallest absolute Gasteiger partial charge is 0.218 e. The highest BCUT2D eigenvalue weighted by Gasteiger charge is 2.48. The van der Waals surface area contributed by atoms with Crippen molar-refractivity contribution >= 4 is 40.2 Å². The lowest BCUT2D eigenvalue weighted by atomic mass is 10.1. The molecule has 0 radical (unpaired) electrons. The highest BCUT2D eigenvalue weighted by atomic mass is 35.5. The van der Waals surface area contributed by atoms with Crippen molar-refractivity contribution in [3.8, 4) is 0 Å². The van der Waals surface area contributed by atoms with Crippen LogP contribution in [0.5, 0.6) is 0 Å². The number of nitrogens with zero attached hydrogens (tertiary/aromatic N) is 2. The molecule has 0 aliphatic carbocycles. The molecule has 1 aliphatic heterocycles. The Morgan fingerprint density at radius 2 is 2.05 bits per heavy atom. The van der Waals surface area contributed by atoms with Gasteiger partial charge in [0.25, 0.3) is 0 Å². The zero-order chi connectivity index (χ0) is 16.3. The van der Waals surface area contributed by atoms with Crippen molar-refractivity contribution in [2.45, 2.75) is 24.8 Å². The van der Waals surface area contributed by atoms with E-state index in [9.17, 15) is 4.55 Å². The molecule has 1 aromatic carbocycles. The molecule has 0 spiro atoms. The van der Waals surface area contributed by atoms with E-state index in [2.05, 4.69) is 24.1 Å². The number of hydrogen-bond donors (Lipinski definition) is 1. The third-order valence-corrected chi connectivity index (χ3v) is 6.63. The molecule has 0 amide bonds. The first-order valence-corrected chi connectivity index (χ1v) is 9.30. The molecule has 1 aromatic rings. The van der Waals surface area contributed by atoms with Crippen LogP contribution in [0.4, 0.5) is 0 Å². The first-order valence-electron chi connectivity index (χ1n) is 7.19. The van der Waals surface area contributed by atoms with Crippen molar-refractivity contribution in [1.29, 1.82) is 0 Å². The summed E-state index contributed by atoms with van der Waals surface area (Å²) in [6, 6.07) is 9.79. The molecule has 0 bridgehead atoms. The van der Waals surface area contributed by atoms with Crippen LogP contribution in [0.15, 0.2) is 30.3 Å². The van der Waals surface area contributed by atoms with Crippen molar-refractivity contribution in [2.24, 2.45) is 0 Å². The number of nitrogens with one attached hydrogen (secondary N) is 1. The summed E-state index contributed by atoms with van der Waals surface area (Å²) < 4.78 is 14.9. The SMILES string of the molecule is CNC(c1ccccc1)[S+]([O-])N1CN(CCCl)C(C)(C)C1=S. The summed E-state index contributed by atoms with van der Waals surface area (Å²) in [4.78, 5) is 2.87. The summed E-state index contributed by atoms with van der Waals surface area (Å²) >= 11 is 10.2. The fraction of sp³-hybridized carbons (Fsp3) is 0.533. The lowest BCUT2D eigenvalue weighted by Gasteiger charge is -2.28. The molecule has 2 rings (SSSR count). The van der Waals surface area contributed by atoms with E-state index in [1.54, 1.807) is 4.31 Å². The highest BCUT2D eigenvalue weighted by Crippen LogP contribution is 2.33. The summed E-state index contributed by atoms with van der Waals surface area (Å²) in [7, 11) is 1.82. The lowest BCUT2D eigenvalue weighted by Crippen LogP contribution is -2.44. The summed E-state index contributed by atoms with van der Waals surface area (Å²) in [5, 5.41) is 2.86. The third-order valence-electron chi connectivity index (χ3n) is 3.98. The number of hydrogen-bond acceptors (Lipinski definition) is 4. The molecule has 0 saturated carbocycles. The topological polar surface area (TPSA) is 41.6 Å². The summed E-state index contributed by atoms with van der Waals surface area (Å²) in [6.45, 7) is 5.36. The maximum absolute atomic E-state index is 13.1. The first kappa shape index (κ1) is 18.0. The van der Waals surface area contributed by atoms with Gasteiger partial charge < -0.3 is 4.55 Å². The van der Waals surface area contributed by atoms with E-state index in [0.29, 0.717) is 17.5 Å². The number of halogens is 1. The minimum atomic E-state index is -1.29. The van der Waals surface area contributed by atoms with E-state index in [4.69, 9.17) is 23.8 Å². The fourth-order valence-corrected chi connectivity index (χ4v) is 4.66. The van der Waals surface area contributed by atoms with E-state index < -0.39 is 11.4 Å². The van der Waals surface area contributed by atoms with Crippen molar-refractivity contribution in [3.05, 3.63) is 35.9 Å². The van der Waals surface area contributed by atoms with Gasteiger partial charge in [-0.1, -0.05) is 42.5 Å². The third kappa shape index (κ3) is 3.42. The Bertz CT molecular complexity index is 515. The Kier molecular flexibility index (Phi) is 6.10. The molecular weight excluding hydrogens is 338 g/mol. The molecule has 1 aliphatic rings. The predicted molar refractivity (Wildman–Crippen MR) is 97.2 cm³/mol. The number of thiocarbonyl (C=S) groups is 1. The molecule has 0 aromatic heterocycles. The Morgan fingerprint density at radius 3 is 2.59 bits per heavy atom. The van der Waals surface area contributed by atoms with Gasteiger partial charge in [-0.05, 0) is 20.9 Å². The molecule has 22 heavy (non-hydrogen) atoms. The van der Waals surface area contributed by atoms with E-state index >= 15 is 0 Å². The van der Waals surface area contributed by atoms with Crippen LogP contribution in [-0.4, -0.2) is 50.4 Å². The van der Waals surface area contributed by atoms with Gasteiger partial charge >= 0.3 is 0 Å². The van der Waals surface area contributed by atoms with E-state index in [0.717, 1.165) is 12.1 Å². The Morgan fingerprint density at radius 1 is 1.41 bits per heavy atom. The first-order chi connectivity index (χ1) is 10.4. The fourth-order valence-electron chi connectivity index (χ4n) is 2.57. The Balaban J connectivity index is 2.21. The Labute approximate surface area is 146 Å². The van der Waals surface area contributed by atoms with Crippen molar-refractivity contribution in [3.63, 3.8) is 0 Å². The monoisotopic (exact) mass is 359 g/mol. The predicted octanol–water partition coefficient (Wildman–Crippen LogP) is 2.49. The second kappa shape index (κ2) is 7.47. The van der Waals surface area contributed by atoms with Crippen LogP contribution in [0.2, 0.25) is 0 Å². The number of rotatable bonds is 6. The zero-order valence-electron chi connectivity index (χ0n) is 13.1. The van der Waals surface area contributed by atoms with Crippen LogP contribution in [0.3, 0.4) is 0 Å². The molecular formula is C15H22ClN3OS2. The average Bonchev–Trinajstić information content (AvgIpc) is 2.73. The van der Waals surface area contributed by atoms with Crippen LogP contribution in [0, 0.1) is 0 Å².